The normalized spacial score (nSPS) is 14.1. The van der Waals surface area contributed by atoms with Crippen molar-refractivity contribution in [3.05, 3.63) is 0 Å². The van der Waals surface area contributed by atoms with Crippen LogP contribution in [0.25, 0.3) is 0 Å². The van der Waals surface area contributed by atoms with Crippen LogP contribution in [0, 0.1) is 5.92 Å². The molecule has 19 heteroatoms. The minimum Gasteiger partial charge on any atom is -0.462 e. The molecule has 0 radical (unpaired) electrons. The minimum absolute atomic E-state index is 0.107. The Morgan fingerprint density at radius 2 is 0.517 bits per heavy atom. The zero-order chi connectivity index (χ0) is 65.6. The first-order chi connectivity index (χ1) is 43.0. The highest BCUT2D eigenvalue weighted by molar-refractivity contribution is 7.47. The lowest BCUT2D eigenvalue weighted by molar-refractivity contribution is -0.161. The number of hydrogen-bond acceptors (Lipinski definition) is 15. The molecule has 0 aliphatic rings. The maximum Gasteiger partial charge on any atom is 0.472 e. The smallest absolute Gasteiger partial charge is 0.462 e. The predicted molar refractivity (Wildman–Crippen MR) is 358 cm³/mol. The van der Waals surface area contributed by atoms with E-state index in [1.807, 2.05) is 0 Å². The summed E-state index contributed by atoms with van der Waals surface area (Å²) in [6.07, 6.45) is 49.9. The molecule has 0 saturated carbocycles. The lowest BCUT2D eigenvalue weighted by Crippen LogP contribution is -2.30. The van der Waals surface area contributed by atoms with Gasteiger partial charge < -0.3 is 33.8 Å². The number of carbonyl (C=O) groups excluding carboxylic acids is 4. The van der Waals surface area contributed by atoms with E-state index in [1.54, 1.807) is 0 Å². The van der Waals surface area contributed by atoms with Crippen molar-refractivity contribution in [1.82, 2.24) is 0 Å². The third-order valence-electron chi connectivity index (χ3n) is 16.3. The van der Waals surface area contributed by atoms with Gasteiger partial charge in [-0.25, -0.2) is 9.13 Å². The lowest BCUT2D eigenvalue weighted by atomic mass is 10.0. The quantitative estimate of drug-likeness (QED) is 0.0222. The largest absolute Gasteiger partial charge is 0.472 e. The van der Waals surface area contributed by atoms with Crippen LogP contribution in [-0.4, -0.2) is 96.7 Å². The molecule has 0 heterocycles. The van der Waals surface area contributed by atoms with Crippen LogP contribution in [0.15, 0.2) is 0 Å². The minimum atomic E-state index is -4.95. The fourth-order valence-corrected chi connectivity index (χ4v) is 12.2. The summed E-state index contributed by atoms with van der Waals surface area (Å²) >= 11 is 0. The third-order valence-corrected chi connectivity index (χ3v) is 18.2. The maximum absolute atomic E-state index is 13.0. The van der Waals surface area contributed by atoms with Crippen molar-refractivity contribution in [2.24, 2.45) is 5.92 Å². The van der Waals surface area contributed by atoms with Gasteiger partial charge in [0.15, 0.2) is 12.2 Å². The molecule has 0 bridgehead atoms. The van der Waals surface area contributed by atoms with Gasteiger partial charge in [0, 0.05) is 25.7 Å². The zero-order valence-corrected chi connectivity index (χ0v) is 59.4. The highest BCUT2D eigenvalue weighted by atomic mass is 31.2. The summed E-state index contributed by atoms with van der Waals surface area (Å²) in [5.74, 6) is -1.32. The van der Waals surface area contributed by atoms with E-state index in [1.165, 1.54) is 180 Å². The van der Waals surface area contributed by atoms with E-state index in [-0.39, 0.29) is 25.7 Å². The van der Waals surface area contributed by atoms with Gasteiger partial charge in [0.1, 0.15) is 19.3 Å². The molecular weight excluding hydrogens is 1170 g/mol. The van der Waals surface area contributed by atoms with Crippen LogP contribution in [0.1, 0.15) is 362 Å². The van der Waals surface area contributed by atoms with E-state index in [2.05, 4.69) is 34.6 Å². The number of phosphoric ester groups is 2. The van der Waals surface area contributed by atoms with Crippen molar-refractivity contribution in [3.63, 3.8) is 0 Å². The van der Waals surface area contributed by atoms with Crippen LogP contribution in [0.2, 0.25) is 0 Å². The van der Waals surface area contributed by atoms with Gasteiger partial charge in [-0.3, -0.25) is 37.3 Å². The Hall–Kier alpha value is -1.94. The second-order valence-electron chi connectivity index (χ2n) is 25.7. The van der Waals surface area contributed by atoms with Gasteiger partial charge in [0.05, 0.1) is 26.4 Å². The maximum atomic E-state index is 13.0. The first kappa shape index (κ1) is 87.1. The highest BCUT2D eigenvalue weighted by Gasteiger charge is 2.30. The summed E-state index contributed by atoms with van der Waals surface area (Å²) in [6, 6.07) is 0. The summed E-state index contributed by atoms with van der Waals surface area (Å²) < 4.78 is 68.2. The van der Waals surface area contributed by atoms with Crippen LogP contribution in [0.3, 0.4) is 0 Å². The molecule has 2 unspecified atom stereocenters. The number of rotatable bonds is 70. The molecule has 0 aliphatic carbocycles. The molecule has 0 fully saturated rings. The Morgan fingerprint density at radius 1 is 0.303 bits per heavy atom. The number of ether oxygens (including phenoxy) is 4. The second-order valence-corrected chi connectivity index (χ2v) is 28.7. The van der Waals surface area contributed by atoms with Gasteiger partial charge in [-0.05, 0) is 31.6 Å². The zero-order valence-electron chi connectivity index (χ0n) is 57.6. The molecule has 0 aromatic carbocycles. The molecule has 0 saturated heterocycles. The van der Waals surface area contributed by atoms with Gasteiger partial charge in [-0.2, -0.15) is 0 Å². The number of phosphoric acid groups is 2. The molecule has 17 nitrogen and oxygen atoms in total. The standard InChI is InChI=1S/C70H136O17P2/c1-6-9-12-15-18-21-23-31-34-39-44-49-54-68(73)81-60-66(87-70(75)56-51-46-41-36-32-28-26-24-25-27-30-33-37-42-47-52-63(4)5)62-85-89(78,79)83-58-64(71)57-82-88(76,77)84-61-65(59-80-67(72)53-48-43-38-20-17-14-11-8-3)86-69(74)55-50-45-40-35-29-22-19-16-13-10-7-2/h63-66,71H,6-62H2,1-5H3,(H,76,77)(H,78,79)/t64-,65+,66+/m0/s1. The van der Waals surface area contributed by atoms with Crippen molar-refractivity contribution >= 4 is 39.5 Å². The van der Waals surface area contributed by atoms with E-state index in [0.29, 0.717) is 25.7 Å². The van der Waals surface area contributed by atoms with Crippen LogP contribution in [-0.2, 0) is 65.4 Å². The van der Waals surface area contributed by atoms with Gasteiger partial charge >= 0.3 is 39.5 Å². The Morgan fingerprint density at radius 3 is 0.764 bits per heavy atom. The molecule has 89 heavy (non-hydrogen) atoms. The molecule has 0 aliphatic heterocycles. The Kier molecular flexibility index (Phi) is 62.1. The van der Waals surface area contributed by atoms with E-state index in [0.717, 1.165) is 102 Å². The first-order valence-electron chi connectivity index (χ1n) is 36.6. The van der Waals surface area contributed by atoms with Crippen molar-refractivity contribution in [3.8, 4) is 0 Å². The summed E-state index contributed by atoms with van der Waals surface area (Å²) in [6.45, 7) is 7.25. The monoisotopic (exact) mass is 1310 g/mol. The van der Waals surface area contributed by atoms with E-state index >= 15 is 0 Å². The molecule has 0 amide bonds. The number of carbonyl (C=O) groups is 4. The fourth-order valence-electron chi connectivity index (χ4n) is 10.6. The van der Waals surface area contributed by atoms with Crippen LogP contribution in [0.5, 0.6) is 0 Å². The number of aliphatic hydroxyl groups is 1. The topological polar surface area (TPSA) is 237 Å². The number of hydrogen-bond donors (Lipinski definition) is 3. The predicted octanol–water partition coefficient (Wildman–Crippen LogP) is 20.1. The Labute approximate surface area is 543 Å². The molecule has 3 N–H and O–H groups in total. The molecular formula is C70H136O17P2. The van der Waals surface area contributed by atoms with Crippen molar-refractivity contribution < 1.29 is 80.2 Å². The summed E-state index contributed by atoms with van der Waals surface area (Å²) in [5, 5.41) is 10.6. The second kappa shape index (κ2) is 63.5. The van der Waals surface area contributed by atoms with Gasteiger partial charge in [0.2, 0.25) is 0 Å². The van der Waals surface area contributed by atoms with E-state index in [4.69, 9.17) is 37.0 Å². The number of aliphatic hydroxyl groups excluding tert-OH is 1. The van der Waals surface area contributed by atoms with Gasteiger partial charge in [0.25, 0.3) is 0 Å². The first-order valence-corrected chi connectivity index (χ1v) is 39.6. The van der Waals surface area contributed by atoms with Crippen molar-refractivity contribution in [2.75, 3.05) is 39.6 Å². The molecule has 0 aromatic heterocycles. The van der Waals surface area contributed by atoms with Crippen LogP contribution in [0.4, 0.5) is 0 Å². The number of unbranched alkanes of at least 4 members (excludes halogenated alkanes) is 42. The van der Waals surface area contributed by atoms with Crippen molar-refractivity contribution in [1.29, 1.82) is 0 Å². The third kappa shape index (κ3) is 64.6. The molecule has 0 spiro atoms. The van der Waals surface area contributed by atoms with Gasteiger partial charge in [-0.15, -0.1) is 0 Å². The SMILES string of the molecule is CCCCCCCCCCCCCCC(=O)OC[C@H](COP(=O)(O)OC[C@@H](O)COP(=O)(O)OC[C@@H](COC(=O)CCCCCCCCCC)OC(=O)CCCCCCCCCCCCC)OC(=O)CCCCCCCCCCCCCCCCCC(C)C. The molecule has 0 rings (SSSR count). The average molecular weight is 1310 g/mol. The molecule has 5 atom stereocenters. The summed E-state index contributed by atoms with van der Waals surface area (Å²) in [4.78, 5) is 72.4. The van der Waals surface area contributed by atoms with E-state index in [9.17, 15) is 43.2 Å². The highest BCUT2D eigenvalue weighted by Crippen LogP contribution is 2.45. The average Bonchev–Trinajstić information content (AvgIpc) is 3.63. The van der Waals surface area contributed by atoms with E-state index < -0.39 is 97.5 Å². The number of esters is 4. The molecule has 528 valence electrons. The summed E-state index contributed by atoms with van der Waals surface area (Å²) in [7, 11) is -9.89. The van der Waals surface area contributed by atoms with Crippen LogP contribution < -0.4 is 0 Å². The lowest BCUT2D eigenvalue weighted by Gasteiger charge is -2.21. The fraction of sp³-hybridized carbons (Fsp3) is 0.943. The summed E-state index contributed by atoms with van der Waals surface area (Å²) in [5.41, 5.74) is 0. The van der Waals surface area contributed by atoms with Crippen LogP contribution >= 0.6 is 15.6 Å². The van der Waals surface area contributed by atoms with Crippen molar-refractivity contribution in [2.45, 2.75) is 380 Å². The van der Waals surface area contributed by atoms with Gasteiger partial charge in [-0.1, -0.05) is 311 Å². The molecule has 0 aromatic rings. The Balaban J connectivity index is 5.20. The Bertz CT molecular complexity index is 1720.